The van der Waals surface area contributed by atoms with Gasteiger partial charge in [0, 0.05) is 44.5 Å². The molecule has 0 aliphatic carbocycles. The zero-order valence-corrected chi connectivity index (χ0v) is 25.0. The van der Waals surface area contributed by atoms with Crippen molar-refractivity contribution in [1.29, 1.82) is 0 Å². The Bertz CT molecular complexity index is 1490. The zero-order valence-electron chi connectivity index (χ0n) is 24.2. The molecule has 1 heterocycles. The molecule has 0 spiro atoms. The largest absolute Gasteiger partial charge is 0.489 e. The molecule has 10 heteroatoms. The van der Waals surface area contributed by atoms with Crippen LogP contribution in [0.5, 0.6) is 5.75 Å². The van der Waals surface area contributed by atoms with Crippen molar-refractivity contribution in [2.75, 3.05) is 32.3 Å². The van der Waals surface area contributed by atoms with Crippen LogP contribution in [0.25, 0.3) is 11.1 Å². The van der Waals surface area contributed by atoms with Gasteiger partial charge in [0.05, 0.1) is 12.4 Å². The van der Waals surface area contributed by atoms with Gasteiger partial charge in [-0.2, -0.15) is 0 Å². The maximum Gasteiger partial charge on any atom is 0.326 e. The van der Waals surface area contributed by atoms with E-state index in [0.717, 1.165) is 35.1 Å². The van der Waals surface area contributed by atoms with E-state index in [0.29, 0.717) is 30.8 Å². The molecule has 2 N–H and O–H groups in total. The van der Waals surface area contributed by atoms with Crippen LogP contribution in [0.4, 0.5) is 0 Å². The summed E-state index contributed by atoms with van der Waals surface area (Å²) in [5.41, 5.74) is 3.80. The number of benzene rings is 3. The number of sulfone groups is 1. The number of carbonyl (C=O) groups is 2. The van der Waals surface area contributed by atoms with Crippen LogP contribution in [0, 0.1) is 6.92 Å². The van der Waals surface area contributed by atoms with E-state index in [1.165, 1.54) is 0 Å². The first-order valence-corrected chi connectivity index (χ1v) is 15.9. The van der Waals surface area contributed by atoms with Crippen molar-refractivity contribution < 1.29 is 32.6 Å². The molecule has 1 amide bonds. The second-order valence-corrected chi connectivity index (χ2v) is 13.1. The van der Waals surface area contributed by atoms with Crippen LogP contribution in [0.1, 0.15) is 34.3 Å². The number of carboxylic acids is 1. The number of methoxy groups -OCH3 is 1. The maximum absolute atomic E-state index is 13.4. The van der Waals surface area contributed by atoms with Gasteiger partial charge in [0.25, 0.3) is 5.91 Å². The number of rotatable bonds is 13. The van der Waals surface area contributed by atoms with Crippen molar-refractivity contribution in [1.82, 2.24) is 10.2 Å². The van der Waals surface area contributed by atoms with Crippen molar-refractivity contribution >= 4 is 21.7 Å². The molecular formula is C32H38N2O7S. The summed E-state index contributed by atoms with van der Waals surface area (Å²) in [7, 11) is -1.71. The van der Waals surface area contributed by atoms with Gasteiger partial charge in [-0.15, -0.1) is 0 Å². The molecule has 224 valence electrons. The first-order chi connectivity index (χ1) is 20.0. The van der Waals surface area contributed by atoms with Crippen LogP contribution >= 0.6 is 0 Å². The lowest BCUT2D eigenvalue weighted by molar-refractivity contribution is -0.139. The first kappa shape index (κ1) is 31.2. The quantitative estimate of drug-likeness (QED) is 0.305. The van der Waals surface area contributed by atoms with Crippen molar-refractivity contribution in [3.05, 3.63) is 89.5 Å². The van der Waals surface area contributed by atoms with Gasteiger partial charge in [-0.05, 0) is 59.9 Å². The molecule has 42 heavy (non-hydrogen) atoms. The summed E-state index contributed by atoms with van der Waals surface area (Å²) in [6, 6.07) is 21.8. The Kier molecular flexibility index (Phi) is 10.4. The fourth-order valence-electron chi connectivity index (χ4n) is 5.32. The van der Waals surface area contributed by atoms with E-state index in [-0.39, 0.29) is 24.3 Å². The summed E-state index contributed by atoms with van der Waals surface area (Å²) < 4.78 is 35.0. The average Bonchev–Trinajstić information content (AvgIpc) is 3.31. The topological polar surface area (TPSA) is 122 Å². The van der Waals surface area contributed by atoms with Crippen LogP contribution in [-0.4, -0.2) is 80.8 Å². The highest BCUT2D eigenvalue weighted by Gasteiger charge is 2.33. The number of likely N-dealkylation sites (tertiary alicyclic amines) is 1. The third-order valence-corrected chi connectivity index (χ3v) is 8.40. The summed E-state index contributed by atoms with van der Waals surface area (Å²) in [5, 5.41) is 12.2. The lowest BCUT2D eigenvalue weighted by Gasteiger charge is -2.24. The van der Waals surface area contributed by atoms with Crippen LogP contribution in [0.3, 0.4) is 0 Å². The second-order valence-electron chi connectivity index (χ2n) is 10.8. The molecule has 3 atom stereocenters. The standard InChI is InChI=1S/C32H38N2O7S/c1-22-9-7-8-12-27(22)29-17-23(13-14-28(29)31(35)33-30(32(36)37)15-16-42(3,38)39)19-34-20-26(18-24(34)21-40-2)41-25-10-5-4-6-11-25/h4-14,17,24,26,30H,15-16,18-21H2,1-3H3,(H,33,35)(H,36,37)/t24-,26-,30-/m0/s1. The highest BCUT2D eigenvalue weighted by Crippen LogP contribution is 2.31. The molecule has 1 saturated heterocycles. The van der Waals surface area contributed by atoms with Crippen molar-refractivity contribution in [3.8, 4) is 16.9 Å². The highest BCUT2D eigenvalue weighted by atomic mass is 32.2. The maximum atomic E-state index is 13.4. The summed E-state index contributed by atoms with van der Waals surface area (Å²) in [4.78, 5) is 27.6. The van der Waals surface area contributed by atoms with E-state index in [2.05, 4.69) is 10.2 Å². The van der Waals surface area contributed by atoms with Gasteiger partial charge in [0.2, 0.25) is 0 Å². The van der Waals surface area contributed by atoms with Gasteiger partial charge in [-0.25, -0.2) is 13.2 Å². The number of aliphatic carboxylic acids is 1. The highest BCUT2D eigenvalue weighted by molar-refractivity contribution is 7.90. The summed E-state index contributed by atoms with van der Waals surface area (Å²) in [5.74, 6) is -1.38. The van der Waals surface area contributed by atoms with Crippen molar-refractivity contribution in [2.45, 2.75) is 44.5 Å². The Morgan fingerprint density at radius 2 is 1.76 bits per heavy atom. The first-order valence-electron chi connectivity index (χ1n) is 13.9. The third kappa shape index (κ3) is 8.40. The summed E-state index contributed by atoms with van der Waals surface area (Å²) in [6.45, 7) is 3.83. The minimum absolute atomic E-state index is 0.00771. The molecule has 1 aliphatic rings. The number of amides is 1. The Morgan fingerprint density at radius 1 is 1.05 bits per heavy atom. The number of hydrogen-bond acceptors (Lipinski definition) is 7. The second kappa shape index (κ2) is 14.0. The number of para-hydroxylation sites is 1. The minimum atomic E-state index is -3.39. The Labute approximate surface area is 247 Å². The Balaban J connectivity index is 1.60. The van der Waals surface area contributed by atoms with Crippen LogP contribution in [0.2, 0.25) is 0 Å². The van der Waals surface area contributed by atoms with E-state index in [4.69, 9.17) is 9.47 Å². The number of nitrogens with one attached hydrogen (secondary N) is 1. The molecule has 1 fully saturated rings. The van der Waals surface area contributed by atoms with Gasteiger partial charge in [0.1, 0.15) is 27.7 Å². The van der Waals surface area contributed by atoms with E-state index < -0.39 is 27.8 Å². The van der Waals surface area contributed by atoms with Gasteiger partial charge in [-0.1, -0.05) is 48.5 Å². The fourth-order valence-corrected chi connectivity index (χ4v) is 5.98. The van der Waals surface area contributed by atoms with Crippen LogP contribution in [0.15, 0.2) is 72.8 Å². The van der Waals surface area contributed by atoms with E-state index in [9.17, 15) is 23.1 Å². The zero-order chi connectivity index (χ0) is 30.3. The van der Waals surface area contributed by atoms with E-state index >= 15 is 0 Å². The van der Waals surface area contributed by atoms with Crippen LogP contribution < -0.4 is 10.1 Å². The minimum Gasteiger partial charge on any atom is -0.489 e. The van der Waals surface area contributed by atoms with Crippen molar-refractivity contribution in [2.24, 2.45) is 0 Å². The molecule has 0 aromatic heterocycles. The predicted octanol–water partition coefficient (Wildman–Crippen LogP) is 3.95. The molecule has 3 aromatic carbocycles. The monoisotopic (exact) mass is 594 g/mol. The molecule has 0 unspecified atom stereocenters. The smallest absolute Gasteiger partial charge is 0.326 e. The van der Waals surface area contributed by atoms with Gasteiger partial charge in [0.15, 0.2) is 0 Å². The molecule has 3 aromatic rings. The fraction of sp³-hybridized carbons (Fsp3) is 0.375. The number of hydrogen-bond donors (Lipinski definition) is 2. The van der Waals surface area contributed by atoms with Crippen LogP contribution in [-0.2, 0) is 25.9 Å². The molecule has 0 bridgehead atoms. The lowest BCUT2D eigenvalue weighted by atomic mass is 9.93. The Morgan fingerprint density at radius 3 is 2.43 bits per heavy atom. The molecular weight excluding hydrogens is 556 g/mol. The third-order valence-electron chi connectivity index (χ3n) is 7.42. The van der Waals surface area contributed by atoms with Gasteiger partial charge in [-0.3, -0.25) is 9.69 Å². The molecule has 0 saturated carbocycles. The number of ether oxygens (including phenoxy) is 2. The number of nitrogens with zero attached hydrogens (tertiary/aromatic N) is 1. The van der Waals surface area contributed by atoms with E-state index in [1.807, 2.05) is 73.7 Å². The number of aryl methyl sites for hydroxylation is 1. The average molecular weight is 595 g/mol. The van der Waals surface area contributed by atoms with E-state index in [1.54, 1.807) is 13.2 Å². The Hall–Kier alpha value is -3.73. The number of carboxylic acid groups (broad SMARTS) is 1. The normalized spacial score (nSPS) is 18.0. The number of carbonyl (C=O) groups excluding carboxylic acids is 1. The van der Waals surface area contributed by atoms with Gasteiger partial charge < -0.3 is 19.9 Å². The van der Waals surface area contributed by atoms with Gasteiger partial charge >= 0.3 is 5.97 Å². The lowest BCUT2D eigenvalue weighted by Crippen LogP contribution is -2.42. The molecule has 4 rings (SSSR count). The van der Waals surface area contributed by atoms with Crippen molar-refractivity contribution in [3.63, 3.8) is 0 Å². The summed E-state index contributed by atoms with van der Waals surface area (Å²) >= 11 is 0. The molecule has 9 nitrogen and oxygen atoms in total. The molecule has 1 aliphatic heterocycles. The molecule has 0 radical (unpaired) electrons. The SMILES string of the molecule is COC[C@@H]1C[C@H](Oc2ccccc2)CN1Cc1ccc(C(=O)N[C@@H](CCS(C)(=O)=O)C(=O)O)c(-c2ccccc2C)c1. The summed E-state index contributed by atoms with van der Waals surface area (Å²) in [6.07, 6.45) is 1.64. The predicted molar refractivity (Wildman–Crippen MR) is 161 cm³/mol.